The summed E-state index contributed by atoms with van der Waals surface area (Å²) in [5.41, 5.74) is 0. The van der Waals surface area contributed by atoms with E-state index in [-0.39, 0.29) is 17.0 Å². The standard InChI is InChI=1S/C3H9P.BrH/c1-4(2)3;/h1-3H3;1H. The predicted octanol–water partition coefficient (Wildman–Crippen LogP) is 1.94. The first-order valence-corrected chi connectivity index (χ1v) is 4.02. The van der Waals surface area contributed by atoms with Gasteiger partial charge in [-0.1, -0.05) is 0 Å². The van der Waals surface area contributed by atoms with Gasteiger partial charge in [0.05, 0.1) is 0 Å². The van der Waals surface area contributed by atoms with Crippen molar-refractivity contribution < 1.29 is 0 Å². The first-order chi connectivity index (χ1) is 1.73. The molecule has 0 aliphatic rings. The zero-order valence-corrected chi connectivity index (χ0v) is 6.46. The smallest absolute Gasteiger partial charge is 0.0449 e. The van der Waals surface area contributed by atoms with Crippen molar-refractivity contribution in [3.63, 3.8) is 0 Å². The van der Waals surface area contributed by atoms with Crippen LogP contribution in [0.4, 0.5) is 0 Å². The summed E-state index contributed by atoms with van der Waals surface area (Å²) in [5, 5.41) is 0. The first kappa shape index (κ1) is 9.32. The van der Waals surface area contributed by atoms with Crippen molar-refractivity contribution in [1.29, 1.82) is 0 Å². The summed E-state index contributed by atoms with van der Waals surface area (Å²) in [5.74, 6) is 0. The van der Waals surface area contributed by atoms with Crippen LogP contribution >= 0.6 is 24.9 Å². The minimum atomic E-state index is 0. The fraction of sp³-hybridized carbons (Fsp3) is 1.00. The Hall–Kier alpha value is 0.910. The van der Waals surface area contributed by atoms with E-state index in [4.69, 9.17) is 0 Å². The monoisotopic (exact) mass is 156 g/mol. The molecule has 5 heavy (non-hydrogen) atoms. The molecule has 0 amide bonds. The van der Waals surface area contributed by atoms with Crippen LogP contribution in [0.15, 0.2) is 0 Å². The van der Waals surface area contributed by atoms with Crippen LogP contribution in [0.3, 0.4) is 0 Å². The highest BCUT2D eigenvalue weighted by molar-refractivity contribution is 8.93. The number of halogens is 1. The lowest BCUT2D eigenvalue weighted by molar-refractivity contribution is 2.13. The third-order valence-corrected chi connectivity index (χ3v) is 0. The topological polar surface area (TPSA) is 0 Å². The predicted molar refractivity (Wildman–Crippen MR) is 35.0 cm³/mol. The van der Waals surface area contributed by atoms with Gasteiger partial charge in [0.15, 0.2) is 0 Å². The molecule has 0 saturated carbocycles. The van der Waals surface area contributed by atoms with Crippen molar-refractivity contribution in [2.75, 3.05) is 20.0 Å². The van der Waals surface area contributed by atoms with Gasteiger partial charge in [-0.2, -0.15) is 0 Å². The van der Waals surface area contributed by atoms with E-state index in [9.17, 15) is 0 Å². The summed E-state index contributed by atoms with van der Waals surface area (Å²) >= 11 is 0. The highest BCUT2D eigenvalue weighted by Crippen LogP contribution is 2.14. The maximum atomic E-state index is 2.23. The fourth-order valence-corrected chi connectivity index (χ4v) is 0. The van der Waals surface area contributed by atoms with E-state index in [0.29, 0.717) is 7.92 Å². The number of hydrogen-bond donors (Lipinski definition) is 0. The second-order valence-corrected chi connectivity index (χ2v) is 4.02. The fourth-order valence-electron chi connectivity index (χ4n) is 0. The van der Waals surface area contributed by atoms with Gasteiger partial charge >= 0.3 is 0 Å². The Labute approximate surface area is 45.5 Å². The molecule has 0 bridgehead atoms. The normalized spacial score (nSPS) is 7.20. The molecule has 0 rings (SSSR count). The summed E-state index contributed by atoms with van der Waals surface area (Å²) in [7, 11) is 0.380. The van der Waals surface area contributed by atoms with Crippen LogP contribution in [0, 0.1) is 0 Å². The van der Waals surface area contributed by atoms with E-state index in [1.54, 1.807) is 0 Å². The molecule has 0 atom stereocenters. The molecule has 0 nitrogen and oxygen atoms in total. The van der Waals surface area contributed by atoms with E-state index in [1.807, 2.05) is 0 Å². The summed E-state index contributed by atoms with van der Waals surface area (Å²) in [6.07, 6.45) is 0. The average molecular weight is 157 g/mol. The highest BCUT2D eigenvalue weighted by Gasteiger charge is 1.65. The van der Waals surface area contributed by atoms with Gasteiger partial charge in [-0.3, -0.25) is 0 Å². The molecule has 0 aliphatic heterocycles. The summed E-state index contributed by atoms with van der Waals surface area (Å²) in [4.78, 5) is 0. The van der Waals surface area contributed by atoms with Crippen LogP contribution in [0.1, 0.15) is 0 Å². The molecule has 0 aromatic heterocycles. The molecule has 0 heterocycles. The average Bonchev–Trinajstić information content (AvgIpc) is 0.811. The van der Waals surface area contributed by atoms with Crippen molar-refractivity contribution in [2.45, 2.75) is 0 Å². The molecule has 0 unspecified atom stereocenters. The van der Waals surface area contributed by atoms with E-state index in [0.717, 1.165) is 0 Å². The largest absolute Gasteiger partial charge is 0.116 e. The lowest BCUT2D eigenvalue weighted by atomic mass is 11.9. The van der Waals surface area contributed by atoms with Crippen LogP contribution in [-0.2, 0) is 0 Å². The van der Waals surface area contributed by atoms with Crippen molar-refractivity contribution >= 4 is 24.9 Å². The summed E-state index contributed by atoms with van der Waals surface area (Å²) in [6, 6.07) is 0. The van der Waals surface area contributed by atoms with E-state index in [1.165, 1.54) is 0 Å². The quantitative estimate of drug-likeness (QED) is 0.471. The van der Waals surface area contributed by atoms with E-state index in [2.05, 4.69) is 20.0 Å². The maximum absolute atomic E-state index is 2.23. The molecule has 0 fully saturated rings. The third-order valence-electron chi connectivity index (χ3n) is 0. The minimum absolute atomic E-state index is 0. The molecule has 0 spiro atoms. The van der Waals surface area contributed by atoms with Crippen LogP contribution < -0.4 is 0 Å². The zero-order chi connectivity index (χ0) is 3.58. The molecule has 34 valence electrons. The van der Waals surface area contributed by atoms with Gasteiger partial charge in [-0.05, 0) is 20.0 Å². The van der Waals surface area contributed by atoms with Crippen LogP contribution in [-0.4, -0.2) is 20.0 Å². The SMILES string of the molecule is Br.CP(C)C. The third kappa shape index (κ3) is 50.2. The van der Waals surface area contributed by atoms with Gasteiger partial charge in [0.1, 0.15) is 0 Å². The number of hydrogen-bond acceptors (Lipinski definition) is 0. The summed E-state index contributed by atoms with van der Waals surface area (Å²) in [6.45, 7) is 6.69. The Bertz CT molecular complexity index is 11.6. The van der Waals surface area contributed by atoms with Crippen molar-refractivity contribution in [1.82, 2.24) is 0 Å². The minimum Gasteiger partial charge on any atom is -0.116 e. The molecule has 0 aromatic rings. The first-order valence-electron chi connectivity index (χ1n) is 1.34. The molecule has 0 saturated heterocycles. The van der Waals surface area contributed by atoms with Gasteiger partial charge in [-0.25, -0.2) is 0 Å². The Morgan fingerprint density at radius 1 is 1.00 bits per heavy atom. The van der Waals surface area contributed by atoms with Crippen LogP contribution in [0.5, 0.6) is 0 Å². The van der Waals surface area contributed by atoms with E-state index >= 15 is 0 Å². The number of rotatable bonds is 0. The van der Waals surface area contributed by atoms with Crippen molar-refractivity contribution in [2.24, 2.45) is 0 Å². The molecule has 0 aromatic carbocycles. The lowest BCUT2D eigenvalue weighted by Crippen LogP contribution is -1.48. The Morgan fingerprint density at radius 3 is 1.00 bits per heavy atom. The van der Waals surface area contributed by atoms with Crippen LogP contribution in [0.2, 0.25) is 0 Å². The van der Waals surface area contributed by atoms with E-state index < -0.39 is 0 Å². The molecule has 0 aliphatic carbocycles. The second kappa shape index (κ2) is 4.91. The second-order valence-electron chi connectivity index (χ2n) is 1.34. The Balaban J connectivity index is 0. The molecule has 0 N–H and O–H groups in total. The Morgan fingerprint density at radius 2 is 1.00 bits per heavy atom. The molecular weight excluding hydrogens is 147 g/mol. The van der Waals surface area contributed by atoms with Gasteiger partial charge < -0.3 is 0 Å². The highest BCUT2D eigenvalue weighted by atomic mass is 79.9. The summed E-state index contributed by atoms with van der Waals surface area (Å²) < 4.78 is 0. The maximum Gasteiger partial charge on any atom is -0.0449 e. The van der Waals surface area contributed by atoms with Gasteiger partial charge in [0.25, 0.3) is 0 Å². The zero-order valence-electron chi connectivity index (χ0n) is 3.86. The molecular formula is C3H10BrP. The Kier molecular flexibility index (Phi) is 9.15. The van der Waals surface area contributed by atoms with Crippen molar-refractivity contribution in [3.8, 4) is 0 Å². The molecule has 2 heteroatoms. The lowest BCUT2D eigenvalue weighted by Gasteiger charge is -1.81. The van der Waals surface area contributed by atoms with Gasteiger partial charge in [0.2, 0.25) is 0 Å². The van der Waals surface area contributed by atoms with Crippen LogP contribution in [0.25, 0.3) is 0 Å². The van der Waals surface area contributed by atoms with Crippen molar-refractivity contribution in [3.05, 3.63) is 0 Å². The molecule has 0 radical (unpaired) electrons. The van der Waals surface area contributed by atoms with Gasteiger partial charge in [0, 0.05) is 0 Å². The van der Waals surface area contributed by atoms with Gasteiger partial charge in [-0.15, -0.1) is 24.9 Å².